The van der Waals surface area contributed by atoms with Gasteiger partial charge in [-0.2, -0.15) is 0 Å². The highest BCUT2D eigenvalue weighted by Crippen LogP contribution is 2.23. The summed E-state index contributed by atoms with van der Waals surface area (Å²) in [6.07, 6.45) is 0. The number of nitrogens with one attached hydrogen (secondary N) is 2. The topological polar surface area (TPSA) is 78.4 Å². The molecule has 6 heteroatoms. The first-order valence-corrected chi connectivity index (χ1v) is 5.53. The van der Waals surface area contributed by atoms with E-state index in [9.17, 15) is 14.7 Å². The number of alkyl halides is 1. The van der Waals surface area contributed by atoms with Crippen molar-refractivity contribution in [2.45, 2.75) is 6.92 Å². The standard InChI is InChI=1S/C11H13ClN2O3/c1-7-2-3-9(15)8(6-7)14-11(17)10(16)13-5-4-12/h2-3,6,15H,4-5H2,1H3,(H,13,16)(H,14,17). The molecular weight excluding hydrogens is 244 g/mol. The van der Waals surface area contributed by atoms with Crippen LogP contribution in [-0.4, -0.2) is 29.3 Å². The molecule has 0 radical (unpaired) electrons. The predicted octanol–water partition coefficient (Wildman–Crippen LogP) is 0.994. The Labute approximate surface area is 104 Å². The molecule has 0 bridgehead atoms. The van der Waals surface area contributed by atoms with Gasteiger partial charge < -0.3 is 15.7 Å². The summed E-state index contributed by atoms with van der Waals surface area (Å²) in [5, 5.41) is 14.1. The minimum atomic E-state index is -0.837. The van der Waals surface area contributed by atoms with Gasteiger partial charge in [0.2, 0.25) is 0 Å². The van der Waals surface area contributed by atoms with Crippen LogP contribution in [0.2, 0.25) is 0 Å². The van der Waals surface area contributed by atoms with Crippen LogP contribution in [0.4, 0.5) is 5.69 Å². The molecule has 17 heavy (non-hydrogen) atoms. The molecule has 0 spiro atoms. The Bertz CT molecular complexity index is 435. The summed E-state index contributed by atoms with van der Waals surface area (Å²) < 4.78 is 0. The summed E-state index contributed by atoms with van der Waals surface area (Å²) >= 11 is 5.37. The smallest absolute Gasteiger partial charge is 0.313 e. The fraction of sp³-hybridized carbons (Fsp3) is 0.273. The molecule has 0 aliphatic rings. The number of aromatic hydroxyl groups is 1. The van der Waals surface area contributed by atoms with Crippen molar-refractivity contribution in [1.82, 2.24) is 5.32 Å². The monoisotopic (exact) mass is 256 g/mol. The molecule has 1 aromatic carbocycles. The third-order valence-corrected chi connectivity index (χ3v) is 2.18. The Morgan fingerprint density at radius 1 is 1.35 bits per heavy atom. The number of hydrogen-bond acceptors (Lipinski definition) is 3. The van der Waals surface area contributed by atoms with E-state index in [4.69, 9.17) is 11.6 Å². The molecule has 0 fully saturated rings. The highest BCUT2D eigenvalue weighted by Gasteiger charge is 2.14. The van der Waals surface area contributed by atoms with Gasteiger partial charge in [-0.3, -0.25) is 9.59 Å². The van der Waals surface area contributed by atoms with Gasteiger partial charge in [0.05, 0.1) is 5.69 Å². The molecule has 0 saturated heterocycles. The van der Waals surface area contributed by atoms with E-state index in [2.05, 4.69) is 10.6 Å². The first-order chi connectivity index (χ1) is 8.04. The van der Waals surface area contributed by atoms with Gasteiger partial charge in [0, 0.05) is 12.4 Å². The van der Waals surface area contributed by atoms with Crippen molar-refractivity contribution >= 4 is 29.1 Å². The van der Waals surface area contributed by atoms with Crippen LogP contribution in [0.5, 0.6) is 5.75 Å². The molecule has 0 aliphatic carbocycles. The van der Waals surface area contributed by atoms with Gasteiger partial charge in [0.1, 0.15) is 5.75 Å². The third kappa shape index (κ3) is 3.96. The van der Waals surface area contributed by atoms with Crippen molar-refractivity contribution in [3.05, 3.63) is 23.8 Å². The molecule has 0 unspecified atom stereocenters. The van der Waals surface area contributed by atoms with Gasteiger partial charge in [-0.15, -0.1) is 11.6 Å². The predicted molar refractivity (Wildman–Crippen MR) is 65.2 cm³/mol. The van der Waals surface area contributed by atoms with Crippen LogP contribution in [-0.2, 0) is 9.59 Å². The molecule has 92 valence electrons. The summed E-state index contributed by atoms with van der Waals surface area (Å²) in [5.41, 5.74) is 1.07. The zero-order valence-corrected chi connectivity index (χ0v) is 10.0. The second kappa shape index (κ2) is 6.10. The molecule has 0 atom stereocenters. The average molecular weight is 257 g/mol. The summed E-state index contributed by atoms with van der Waals surface area (Å²) in [5.74, 6) is -1.48. The maximum Gasteiger partial charge on any atom is 0.313 e. The van der Waals surface area contributed by atoms with Crippen LogP contribution >= 0.6 is 11.6 Å². The second-order valence-corrected chi connectivity index (χ2v) is 3.80. The number of carbonyl (C=O) groups is 2. The lowest BCUT2D eigenvalue weighted by Crippen LogP contribution is -2.36. The Kier molecular flexibility index (Phi) is 4.78. The van der Waals surface area contributed by atoms with E-state index in [1.807, 2.05) is 6.92 Å². The maximum absolute atomic E-state index is 11.4. The van der Waals surface area contributed by atoms with Crippen molar-refractivity contribution in [2.24, 2.45) is 0 Å². The first-order valence-electron chi connectivity index (χ1n) is 4.99. The summed E-state index contributed by atoms with van der Waals surface area (Å²) in [6, 6.07) is 4.71. The molecule has 2 amide bonds. The van der Waals surface area contributed by atoms with E-state index < -0.39 is 11.8 Å². The second-order valence-electron chi connectivity index (χ2n) is 3.42. The Morgan fingerprint density at radius 3 is 2.71 bits per heavy atom. The quantitative estimate of drug-likeness (QED) is 0.429. The van der Waals surface area contributed by atoms with Crippen molar-refractivity contribution in [3.8, 4) is 5.75 Å². The van der Waals surface area contributed by atoms with Gasteiger partial charge in [-0.1, -0.05) is 6.07 Å². The SMILES string of the molecule is Cc1ccc(O)c(NC(=O)C(=O)NCCCl)c1. The highest BCUT2D eigenvalue weighted by molar-refractivity contribution is 6.39. The molecule has 3 N–H and O–H groups in total. The minimum absolute atomic E-state index is 0.0888. The molecule has 1 rings (SSSR count). The van der Waals surface area contributed by atoms with Gasteiger partial charge in [0.25, 0.3) is 0 Å². The highest BCUT2D eigenvalue weighted by atomic mass is 35.5. The van der Waals surface area contributed by atoms with E-state index >= 15 is 0 Å². The van der Waals surface area contributed by atoms with Crippen molar-refractivity contribution < 1.29 is 14.7 Å². The summed E-state index contributed by atoms with van der Waals surface area (Å²) in [4.78, 5) is 22.6. The number of amides is 2. The lowest BCUT2D eigenvalue weighted by molar-refractivity contribution is -0.136. The molecule has 0 aliphatic heterocycles. The zero-order valence-electron chi connectivity index (χ0n) is 9.29. The number of rotatable bonds is 3. The Balaban J connectivity index is 2.67. The fourth-order valence-electron chi connectivity index (χ4n) is 1.17. The number of aryl methyl sites for hydroxylation is 1. The van der Waals surface area contributed by atoms with Crippen LogP contribution in [0.15, 0.2) is 18.2 Å². The maximum atomic E-state index is 11.4. The van der Waals surface area contributed by atoms with Crippen LogP contribution in [0, 0.1) is 6.92 Å². The number of phenols is 1. The zero-order chi connectivity index (χ0) is 12.8. The summed E-state index contributed by atoms with van der Waals surface area (Å²) in [6.45, 7) is 2.02. The molecule has 0 heterocycles. The largest absolute Gasteiger partial charge is 0.506 e. The van der Waals surface area contributed by atoms with Gasteiger partial charge in [0.15, 0.2) is 0 Å². The van der Waals surface area contributed by atoms with Crippen molar-refractivity contribution in [3.63, 3.8) is 0 Å². The van der Waals surface area contributed by atoms with Gasteiger partial charge in [-0.25, -0.2) is 0 Å². The Hall–Kier alpha value is -1.75. The van der Waals surface area contributed by atoms with Gasteiger partial charge >= 0.3 is 11.8 Å². The van der Waals surface area contributed by atoms with E-state index in [1.165, 1.54) is 6.07 Å². The number of hydrogen-bond donors (Lipinski definition) is 3. The number of benzene rings is 1. The minimum Gasteiger partial charge on any atom is -0.506 e. The third-order valence-electron chi connectivity index (χ3n) is 1.99. The van der Waals surface area contributed by atoms with Crippen LogP contribution < -0.4 is 10.6 Å². The molecule has 5 nitrogen and oxygen atoms in total. The Morgan fingerprint density at radius 2 is 2.06 bits per heavy atom. The molecule has 1 aromatic rings. The fourth-order valence-corrected chi connectivity index (χ4v) is 1.26. The number of phenolic OH excluding ortho intramolecular Hbond substituents is 1. The van der Waals surface area contributed by atoms with E-state index in [0.29, 0.717) is 0 Å². The number of anilines is 1. The normalized spacial score (nSPS) is 9.76. The molecule has 0 saturated carbocycles. The number of carbonyl (C=O) groups excluding carboxylic acids is 2. The van der Waals surface area contributed by atoms with Crippen LogP contribution in [0.3, 0.4) is 0 Å². The average Bonchev–Trinajstić information content (AvgIpc) is 2.30. The summed E-state index contributed by atoms with van der Waals surface area (Å²) in [7, 11) is 0. The lowest BCUT2D eigenvalue weighted by Gasteiger charge is -2.07. The first kappa shape index (κ1) is 13.3. The van der Waals surface area contributed by atoms with E-state index in [1.54, 1.807) is 12.1 Å². The van der Waals surface area contributed by atoms with Gasteiger partial charge in [-0.05, 0) is 24.6 Å². The number of halogens is 1. The molecule has 0 aromatic heterocycles. The van der Waals surface area contributed by atoms with Crippen molar-refractivity contribution in [2.75, 3.05) is 17.7 Å². The van der Waals surface area contributed by atoms with Crippen LogP contribution in [0.1, 0.15) is 5.56 Å². The van der Waals surface area contributed by atoms with Crippen molar-refractivity contribution in [1.29, 1.82) is 0 Å². The van der Waals surface area contributed by atoms with E-state index in [-0.39, 0.29) is 23.9 Å². The lowest BCUT2D eigenvalue weighted by atomic mass is 10.2. The molecular formula is C11H13ClN2O3. The van der Waals surface area contributed by atoms with E-state index in [0.717, 1.165) is 5.56 Å². The van der Waals surface area contributed by atoms with Crippen LogP contribution in [0.25, 0.3) is 0 Å².